The predicted octanol–water partition coefficient (Wildman–Crippen LogP) is 3.99. The second kappa shape index (κ2) is 9.18. The summed E-state index contributed by atoms with van der Waals surface area (Å²) in [6.07, 6.45) is -9.29. The number of alkyl halides is 7. The van der Waals surface area contributed by atoms with E-state index in [4.69, 9.17) is 0 Å². The highest BCUT2D eigenvalue weighted by Gasteiger charge is 2.44. The molecule has 3 rings (SSSR count). The van der Waals surface area contributed by atoms with Crippen LogP contribution in [0.1, 0.15) is 37.7 Å². The summed E-state index contributed by atoms with van der Waals surface area (Å²) in [5, 5.41) is 2.18. The van der Waals surface area contributed by atoms with Crippen molar-refractivity contribution < 1.29 is 40.3 Å². The SMILES string of the molecule is O=C(CN(C[C@@H]1C[C@@H]1F)C(=O)C1CCC(C(F)(F)F)CC1)Nc1ncc(C(F)(F)F)cn1. The number of halogens is 7. The first-order chi connectivity index (χ1) is 14.8. The molecule has 2 saturated carbocycles. The first-order valence-corrected chi connectivity index (χ1v) is 10.0. The van der Waals surface area contributed by atoms with Crippen molar-refractivity contribution in [3.63, 3.8) is 0 Å². The molecule has 1 N–H and O–H groups in total. The number of carbonyl (C=O) groups excluding carboxylic acids is 2. The van der Waals surface area contributed by atoms with Crippen LogP contribution in [0.25, 0.3) is 0 Å². The molecule has 2 amide bonds. The number of nitrogens with zero attached hydrogens (tertiary/aromatic N) is 3. The zero-order chi connectivity index (χ0) is 23.7. The van der Waals surface area contributed by atoms with Crippen LogP contribution in [0.5, 0.6) is 0 Å². The summed E-state index contributed by atoms with van der Waals surface area (Å²) in [6, 6.07) is 0. The summed E-state index contributed by atoms with van der Waals surface area (Å²) in [5.41, 5.74) is -1.11. The van der Waals surface area contributed by atoms with Gasteiger partial charge in [0.1, 0.15) is 6.17 Å². The van der Waals surface area contributed by atoms with E-state index < -0.39 is 66.1 Å². The maximum Gasteiger partial charge on any atom is 0.419 e. The maximum absolute atomic E-state index is 13.4. The summed E-state index contributed by atoms with van der Waals surface area (Å²) in [5.74, 6) is -4.39. The summed E-state index contributed by atoms with van der Waals surface area (Å²) in [4.78, 5) is 33.1. The first-order valence-electron chi connectivity index (χ1n) is 10.0. The summed E-state index contributed by atoms with van der Waals surface area (Å²) in [6.45, 7) is -0.605. The van der Waals surface area contributed by atoms with Gasteiger partial charge in [0.15, 0.2) is 0 Å². The van der Waals surface area contributed by atoms with Crippen molar-refractivity contribution in [1.29, 1.82) is 0 Å². The molecule has 2 fully saturated rings. The number of rotatable bonds is 6. The van der Waals surface area contributed by atoms with Crippen LogP contribution in [0.3, 0.4) is 0 Å². The molecule has 0 spiro atoms. The average Bonchev–Trinajstić information content (AvgIpc) is 3.40. The number of aromatic nitrogens is 2. The standard InChI is InChI=1S/C19H21F7N4O2/c20-14-5-11(14)8-30(16(32)10-1-3-12(4-2-10)18(21,22)23)9-15(31)29-17-27-6-13(7-28-17)19(24,25)26/h6-7,10-12,14H,1-5,8-9H2,(H,27,28,29,31)/t10?,11-,12?,14-/m0/s1. The minimum absolute atomic E-state index is 0.00681. The van der Waals surface area contributed by atoms with Gasteiger partial charge in [-0.05, 0) is 32.1 Å². The van der Waals surface area contributed by atoms with Gasteiger partial charge in [0.25, 0.3) is 0 Å². The van der Waals surface area contributed by atoms with Crippen LogP contribution in [0.15, 0.2) is 12.4 Å². The molecule has 2 aliphatic rings. The van der Waals surface area contributed by atoms with Crippen molar-refractivity contribution in [3.8, 4) is 0 Å². The highest BCUT2D eigenvalue weighted by Crippen LogP contribution is 2.40. The van der Waals surface area contributed by atoms with Crippen molar-refractivity contribution in [1.82, 2.24) is 14.9 Å². The summed E-state index contributed by atoms with van der Waals surface area (Å²) >= 11 is 0. The highest BCUT2D eigenvalue weighted by atomic mass is 19.4. The average molecular weight is 470 g/mol. The van der Waals surface area contributed by atoms with Gasteiger partial charge in [-0.3, -0.25) is 14.9 Å². The van der Waals surface area contributed by atoms with Gasteiger partial charge in [-0.2, -0.15) is 26.3 Å². The van der Waals surface area contributed by atoms with Gasteiger partial charge in [0, 0.05) is 30.8 Å². The van der Waals surface area contributed by atoms with Crippen LogP contribution >= 0.6 is 0 Å². The smallest absolute Gasteiger partial charge is 0.333 e. The maximum atomic E-state index is 13.4. The van der Waals surface area contributed by atoms with E-state index in [-0.39, 0.29) is 38.6 Å². The second-order valence-corrected chi connectivity index (χ2v) is 8.16. The number of anilines is 1. The van der Waals surface area contributed by atoms with E-state index in [1.807, 2.05) is 0 Å². The second-order valence-electron chi connectivity index (χ2n) is 8.16. The molecule has 0 unspecified atom stereocenters. The summed E-state index contributed by atoms with van der Waals surface area (Å²) in [7, 11) is 0. The van der Waals surface area contributed by atoms with Crippen LogP contribution in [0.4, 0.5) is 36.7 Å². The van der Waals surface area contributed by atoms with E-state index in [1.54, 1.807) is 0 Å². The zero-order valence-corrected chi connectivity index (χ0v) is 16.7. The fourth-order valence-electron chi connectivity index (χ4n) is 3.72. The number of hydrogen-bond acceptors (Lipinski definition) is 4. The molecule has 1 aromatic rings. The fraction of sp³-hybridized carbons (Fsp3) is 0.684. The minimum Gasteiger partial charge on any atom is -0.333 e. The molecule has 0 aliphatic heterocycles. The Morgan fingerprint density at radius 3 is 2.06 bits per heavy atom. The molecule has 32 heavy (non-hydrogen) atoms. The molecule has 0 radical (unpaired) electrons. The van der Waals surface area contributed by atoms with Gasteiger partial charge < -0.3 is 4.90 Å². The highest BCUT2D eigenvalue weighted by molar-refractivity contribution is 5.93. The molecule has 1 aromatic heterocycles. The van der Waals surface area contributed by atoms with Crippen LogP contribution in [0.2, 0.25) is 0 Å². The van der Waals surface area contributed by atoms with Gasteiger partial charge >= 0.3 is 12.4 Å². The van der Waals surface area contributed by atoms with Gasteiger partial charge in [-0.15, -0.1) is 0 Å². The van der Waals surface area contributed by atoms with E-state index in [0.717, 1.165) is 4.90 Å². The van der Waals surface area contributed by atoms with Crippen molar-refractivity contribution in [3.05, 3.63) is 18.0 Å². The van der Waals surface area contributed by atoms with E-state index in [1.165, 1.54) is 0 Å². The van der Waals surface area contributed by atoms with Crippen molar-refractivity contribution in [2.45, 2.75) is 50.6 Å². The van der Waals surface area contributed by atoms with Crippen molar-refractivity contribution in [2.24, 2.45) is 17.8 Å². The lowest BCUT2D eigenvalue weighted by Gasteiger charge is -2.32. The normalized spacial score (nSPS) is 25.8. The minimum atomic E-state index is -4.65. The molecule has 1 heterocycles. The van der Waals surface area contributed by atoms with E-state index in [0.29, 0.717) is 12.4 Å². The molecule has 178 valence electrons. The van der Waals surface area contributed by atoms with Gasteiger partial charge in [-0.1, -0.05) is 0 Å². The zero-order valence-electron chi connectivity index (χ0n) is 16.7. The molecule has 2 aliphatic carbocycles. The van der Waals surface area contributed by atoms with Crippen LogP contribution in [-0.4, -0.2) is 52.1 Å². The van der Waals surface area contributed by atoms with Gasteiger partial charge in [0.05, 0.1) is 18.0 Å². The monoisotopic (exact) mass is 470 g/mol. The lowest BCUT2D eigenvalue weighted by atomic mass is 9.81. The quantitative estimate of drug-likeness (QED) is 0.639. The van der Waals surface area contributed by atoms with E-state index >= 15 is 0 Å². The Morgan fingerprint density at radius 1 is 1.03 bits per heavy atom. The summed E-state index contributed by atoms with van der Waals surface area (Å²) < 4.78 is 89.6. The Bertz CT molecular complexity index is 820. The molecule has 0 aromatic carbocycles. The Balaban J connectivity index is 1.60. The fourth-order valence-corrected chi connectivity index (χ4v) is 3.72. The number of amides is 2. The lowest BCUT2D eigenvalue weighted by Crippen LogP contribution is -2.44. The Kier molecular flexibility index (Phi) is 6.94. The molecule has 0 bridgehead atoms. The third-order valence-electron chi connectivity index (χ3n) is 5.71. The van der Waals surface area contributed by atoms with E-state index in [9.17, 15) is 40.3 Å². The molecule has 13 heteroatoms. The van der Waals surface area contributed by atoms with Crippen molar-refractivity contribution >= 4 is 17.8 Å². The molecular formula is C19H21F7N4O2. The number of hydrogen-bond donors (Lipinski definition) is 1. The van der Waals surface area contributed by atoms with Crippen molar-refractivity contribution in [2.75, 3.05) is 18.4 Å². The lowest BCUT2D eigenvalue weighted by molar-refractivity contribution is -0.185. The largest absolute Gasteiger partial charge is 0.419 e. The Labute approximate surface area is 178 Å². The molecular weight excluding hydrogens is 449 g/mol. The topological polar surface area (TPSA) is 75.2 Å². The number of nitrogens with one attached hydrogen (secondary N) is 1. The van der Waals surface area contributed by atoms with E-state index in [2.05, 4.69) is 15.3 Å². The van der Waals surface area contributed by atoms with Gasteiger partial charge in [-0.25, -0.2) is 14.4 Å². The van der Waals surface area contributed by atoms with Crippen LogP contribution < -0.4 is 5.32 Å². The Morgan fingerprint density at radius 2 is 1.59 bits per heavy atom. The molecule has 6 nitrogen and oxygen atoms in total. The molecule has 2 atom stereocenters. The van der Waals surface area contributed by atoms with Crippen LogP contribution in [0, 0.1) is 17.8 Å². The predicted molar refractivity (Wildman–Crippen MR) is 96.7 cm³/mol. The third kappa shape index (κ3) is 6.28. The third-order valence-corrected chi connectivity index (χ3v) is 5.71. The first kappa shape index (κ1) is 24.2. The number of carbonyl (C=O) groups is 2. The molecule has 0 saturated heterocycles. The van der Waals surface area contributed by atoms with Gasteiger partial charge in [0.2, 0.25) is 17.8 Å². The Hall–Kier alpha value is -2.47. The van der Waals surface area contributed by atoms with Crippen LogP contribution in [-0.2, 0) is 15.8 Å².